The average Bonchev–Trinajstić information content (AvgIpc) is 2.34. The summed E-state index contributed by atoms with van der Waals surface area (Å²) in [6, 6.07) is 0. The highest BCUT2D eigenvalue weighted by Gasteiger charge is 2.15. The van der Waals surface area contributed by atoms with Crippen molar-refractivity contribution >= 4 is 11.8 Å². The van der Waals surface area contributed by atoms with Crippen LogP contribution < -0.4 is 10.6 Å². The maximum Gasteiger partial charge on any atom is 0.224 e. The molecule has 1 heterocycles. The standard InChI is InChI=1S/C11H21N3O3/c1-10(15)13-5-4-12-3-2-11(16)14-6-8-17-9-7-14/h12H,2-9H2,1H3,(H,13,15). The summed E-state index contributed by atoms with van der Waals surface area (Å²) >= 11 is 0. The van der Waals surface area contributed by atoms with Gasteiger partial charge in [0.1, 0.15) is 0 Å². The summed E-state index contributed by atoms with van der Waals surface area (Å²) < 4.78 is 5.18. The van der Waals surface area contributed by atoms with E-state index < -0.39 is 0 Å². The number of hydrogen-bond acceptors (Lipinski definition) is 4. The second kappa shape index (κ2) is 8.03. The number of ether oxygens (including phenoxy) is 1. The van der Waals surface area contributed by atoms with Crippen LogP contribution in [0.3, 0.4) is 0 Å². The van der Waals surface area contributed by atoms with Gasteiger partial charge in [-0.3, -0.25) is 9.59 Å². The highest BCUT2D eigenvalue weighted by molar-refractivity contribution is 5.76. The van der Waals surface area contributed by atoms with Gasteiger partial charge in [-0.25, -0.2) is 0 Å². The zero-order valence-corrected chi connectivity index (χ0v) is 10.3. The third kappa shape index (κ3) is 6.23. The van der Waals surface area contributed by atoms with Crippen LogP contribution in [0.25, 0.3) is 0 Å². The second-order valence-electron chi connectivity index (χ2n) is 3.98. The van der Waals surface area contributed by atoms with E-state index in [9.17, 15) is 9.59 Å². The van der Waals surface area contributed by atoms with Crippen molar-refractivity contribution in [2.24, 2.45) is 0 Å². The Hall–Kier alpha value is -1.14. The number of amides is 2. The molecule has 1 rings (SSSR count). The SMILES string of the molecule is CC(=O)NCCNCCC(=O)N1CCOCC1. The lowest BCUT2D eigenvalue weighted by atomic mass is 10.3. The molecule has 0 aromatic carbocycles. The lowest BCUT2D eigenvalue weighted by Gasteiger charge is -2.26. The average molecular weight is 243 g/mol. The van der Waals surface area contributed by atoms with Crippen LogP contribution in [0.5, 0.6) is 0 Å². The molecule has 0 aromatic rings. The number of rotatable bonds is 6. The quantitative estimate of drug-likeness (QED) is 0.585. The van der Waals surface area contributed by atoms with Crippen LogP contribution >= 0.6 is 0 Å². The Kier molecular flexibility index (Phi) is 6.57. The number of carbonyl (C=O) groups excluding carboxylic acids is 2. The van der Waals surface area contributed by atoms with Crippen molar-refractivity contribution in [1.82, 2.24) is 15.5 Å². The molecule has 2 N–H and O–H groups in total. The van der Waals surface area contributed by atoms with Crippen molar-refractivity contribution in [3.63, 3.8) is 0 Å². The summed E-state index contributed by atoms with van der Waals surface area (Å²) in [5, 5.41) is 5.80. The monoisotopic (exact) mass is 243 g/mol. The van der Waals surface area contributed by atoms with Gasteiger partial charge in [0.25, 0.3) is 0 Å². The van der Waals surface area contributed by atoms with E-state index in [0.717, 1.165) is 0 Å². The zero-order chi connectivity index (χ0) is 12.5. The molecular weight excluding hydrogens is 222 g/mol. The molecule has 1 aliphatic rings. The minimum atomic E-state index is -0.0313. The van der Waals surface area contributed by atoms with Crippen LogP contribution in [0, 0.1) is 0 Å². The van der Waals surface area contributed by atoms with Crippen LogP contribution in [0.4, 0.5) is 0 Å². The fourth-order valence-corrected chi connectivity index (χ4v) is 1.62. The molecule has 0 aliphatic carbocycles. The summed E-state index contributed by atoms with van der Waals surface area (Å²) in [7, 11) is 0. The fourth-order valence-electron chi connectivity index (χ4n) is 1.62. The molecule has 0 saturated carbocycles. The third-order valence-corrected chi connectivity index (χ3v) is 2.56. The Bertz CT molecular complexity index is 252. The molecule has 2 amide bonds. The van der Waals surface area contributed by atoms with E-state index in [1.54, 1.807) is 0 Å². The zero-order valence-electron chi connectivity index (χ0n) is 10.3. The first-order valence-electron chi connectivity index (χ1n) is 6.01. The van der Waals surface area contributed by atoms with Gasteiger partial charge >= 0.3 is 0 Å². The summed E-state index contributed by atoms with van der Waals surface area (Å²) in [5.74, 6) is 0.136. The summed E-state index contributed by atoms with van der Waals surface area (Å²) in [5.41, 5.74) is 0. The van der Waals surface area contributed by atoms with Gasteiger partial charge < -0.3 is 20.3 Å². The summed E-state index contributed by atoms with van der Waals surface area (Å²) in [6.45, 7) is 6.10. The number of nitrogens with one attached hydrogen (secondary N) is 2. The molecule has 1 aliphatic heterocycles. The van der Waals surface area contributed by atoms with Gasteiger partial charge in [-0.15, -0.1) is 0 Å². The Labute approximate surface area is 102 Å². The fraction of sp³-hybridized carbons (Fsp3) is 0.818. The molecule has 6 heteroatoms. The lowest BCUT2D eigenvalue weighted by Crippen LogP contribution is -2.42. The van der Waals surface area contributed by atoms with Crippen LogP contribution in [0.1, 0.15) is 13.3 Å². The van der Waals surface area contributed by atoms with Crippen LogP contribution in [0.2, 0.25) is 0 Å². The van der Waals surface area contributed by atoms with Crippen molar-refractivity contribution in [3.8, 4) is 0 Å². The van der Waals surface area contributed by atoms with E-state index in [1.165, 1.54) is 6.92 Å². The van der Waals surface area contributed by atoms with Crippen molar-refractivity contribution in [2.45, 2.75) is 13.3 Å². The molecule has 0 bridgehead atoms. The molecule has 1 saturated heterocycles. The van der Waals surface area contributed by atoms with Crippen molar-refractivity contribution in [3.05, 3.63) is 0 Å². The Morgan fingerprint density at radius 2 is 1.88 bits per heavy atom. The van der Waals surface area contributed by atoms with Crippen molar-refractivity contribution in [2.75, 3.05) is 45.9 Å². The van der Waals surface area contributed by atoms with Crippen LogP contribution in [0.15, 0.2) is 0 Å². The Morgan fingerprint density at radius 3 is 2.53 bits per heavy atom. The van der Waals surface area contributed by atoms with E-state index in [2.05, 4.69) is 10.6 Å². The molecule has 6 nitrogen and oxygen atoms in total. The van der Waals surface area contributed by atoms with Gasteiger partial charge in [0.15, 0.2) is 0 Å². The largest absolute Gasteiger partial charge is 0.378 e. The minimum absolute atomic E-state index is 0.0313. The topological polar surface area (TPSA) is 70.7 Å². The second-order valence-corrected chi connectivity index (χ2v) is 3.98. The maximum absolute atomic E-state index is 11.7. The predicted molar refractivity (Wildman–Crippen MR) is 63.6 cm³/mol. The van der Waals surface area contributed by atoms with E-state index >= 15 is 0 Å². The minimum Gasteiger partial charge on any atom is -0.378 e. The summed E-state index contributed by atoms with van der Waals surface area (Å²) in [6.07, 6.45) is 0.500. The van der Waals surface area contributed by atoms with Crippen LogP contribution in [-0.2, 0) is 14.3 Å². The highest BCUT2D eigenvalue weighted by Crippen LogP contribution is 1.99. The van der Waals surface area contributed by atoms with E-state index in [0.29, 0.717) is 52.4 Å². The smallest absolute Gasteiger partial charge is 0.224 e. The Morgan fingerprint density at radius 1 is 1.18 bits per heavy atom. The number of hydrogen-bond donors (Lipinski definition) is 2. The number of nitrogens with zero attached hydrogens (tertiary/aromatic N) is 1. The number of morpholine rings is 1. The molecule has 17 heavy (non-hydrogen) atoms. The molecule has 0 radical (unpaired) electrons. The van der Waals surface area contributed by atoms with Crippen molar-refractivity contribution in [1.29, 1.82) is 0 Å². The van der Waals surface area contributed by atoms with Gasteiger partial charge in [-0.1, -0.05) is 0 Å². The summed E-state index contributed by atoms with van der Waals surface area (Å²) in [4.78, 5) is 24.1. The van der Waals surface area contributed by atoms with Gasteiger partial charge in [0.2, 0.25) is 11.8 Å². The first-order valence-corrected chi connectivity index (χ1v) is 6.01. The van der Waals surface area contributed by atoms with Gasteiger partial charge in [-0.2, -0.15) is 0 Å². The van der Waals surface area contributed by atoms with Gasteiger partial charge in [0.05, 0.1) is 13.2 Å². The van der Waals surface area contributed by atoms with E-state index in [1.807, 2.05) is 4.90 Å². The van der Waals surface area contributed by atoms with E-state index in [-0.39, 0.29) is 11.8 Å². The molecule has 1 fully saturated rings. The lowest BCUT2D eigenvalue weighted by molar-refractivity contribution is -0.135. The first-order chi connectivity index (χ1) is 8.20. The van der Waals surface area contributed by atoms with E-state index in [4.69, 9.17) is 4.74 Å². The number of carbonyl (C=O) groups is 2. The molecular formula is C11H21N3O3. The first kappa shape index (κ1) is 13.9. The molecule has 98 valence electrons. The molecule has 0 atom stereocenters. The normalized spacial score (nSPS) is 15.7. The van der Waals surface area contributed by atoms with Crippen molar-refractivity contribution < 1.29 is 14.3 Å². The predicted octanol–water partition coefficient (Wildman–Crippen LogP) is -1.04. The molecule has 0 unspecified atom stereocenters. The third-order valence-electron chi connectivity index (χ3n) is 2.56. The van der Waals surface area contributed by atoms with Gasteiger partial charge in [0, 0.05) is 46.1 Å². The molecule has 0 aromatic heterocycles. The van der Waals surface area contributed by atoms with Gasteiger partial charge in [-0.05, 0) is 0 Å². The Balaban J connectivity index is 1.98. The van der Waals surface area contributed by atoms with Crippen LogP contribution in [-0.4, -0.2) is 62.7 Å². The highest BCUT2D eigenvalue weighted by atomic mass is 16.5. The molecule has 0 spiro atoms. The maximum atomic E-state index is 11.7.